The van der Waals surface area contributed by atoms with Crippen LogP contribution in [0.1, 0.15) is 18.5 Å². The van der Waals surface area contributed by atoms with E-state index < -0.39 is 0 Å². The predicted molar refractivity (Wildman–Crippen MR) is 85.9 cm³/mol. The van der Waals surface area contributed by atoms with Gasteiger partial charge in [0, 0.05) is 57.7 Å². The summed E-state index contributed by atoms with van der Waals surface area (Å²) in [7, 11) is 0. The van der Waals surface area contributed by atoms with E-state index in [-0.39, 0.29) is 0 Å². The minimum absolute atomic E-state index is 0.815. The van der Waals surface area contributed by atoms with Crippen LogP contribution in [-0.4, -0.2) is 60.8 Å². The van der Waals surface area contributed by atoms with E-state index in [1.165, 1.54) is 32.5 Å². The van der Waals surface area contributed by atoms with Gasteiger partial charge in [0.1, 0.15) is 12.1 Å². The minimum Gasteiger partial charge on any atom is -0.381 e. The molecule has 3 fully saturated rings. The fourth-order valence-corrected chi connectivity index (χ4v) is 4.33. The van der Waals surface area contributed by atoms with Crippen molar-refractivity contribution in [2.75, 3.05) is 50.8 Å². The van der Waals surface area contributed by atoms with Gasteiger partial charge in [-0.2, -0.15) is 0 Å². The van der Waals surface area contributed by atoms with Crippen molar-refractivity contribution in [1.29, 1.82) is 0 Å². The van der Waals surface area contributed by atoms with Crippen LogP contribution in [0.5, 0.6) is 0 Å². The third kappa shape index (κ3) is 2.97. The van der Waals surface area contributed by atoms with E-state index in [1.807, 2.05) is 6.92 Å². The maximum atomic E-state index is 5.47. The Kier molecular flexibility index (Phi) is 4.01. The van der Waals surface area contributed by atoms with Crippen molar-refractivity contribution in [2.45, 2.75) is 19.8 Å². The molecule has 0 aliphatic carbocycles. The van der Waals surface area contributed by atoms with Crippen molar-refractivity contribution >= 4 is 5.82 Å². The molecule has 22 heavy (non-hydrogen) atoms. The van der Waals surface area contributed by atoms with E-state index in [4.69, 9.17) is 4.74 Å². The van der Waals surface area contributed by atoms with Crippen LogP contribution in [0.2, 0.25) is 0 Å². The lowest BCUT2D eigenvalue weighted by molar-refractivity contribution is 0.0547. The van der Waals surface area contributed by atoms with E-state index >= 15 is 0 Å². The van der Waals surface area contributed by atoms with Gasteiger partial charge in [0.15, 0.2) is 0 Å². The molecule has 1 aromatic heterocycles. The molecule has 0 bridgehead atoms. The summed E-state index contributed by atoms with van der Waals surface area (Å²) in [5, 5.41) is 0. The van der Waals surface area contributed by atoms with Gasteiger partial charge in [-0.15, -0.1) is 0 Å². The van der Waals surface area contributed by atoms with Crippen molar-refractivity contribution in [1.82, 2.24) is 14.9 Å². The largest absolute Gasteiger partial charge is 0.381 e. The first-order valence-electron chi connectivity index (χ1n) is 8.61. The molecule has 3 aliphatic heterocycles. The highest BCUT2D eigenvalue weighted by molar-refractivity contribution is 5.40. The maximum Gasteiger partial charge on any atom is 0.132 e. The van der Waals surface area contributed by atoms with E-state index in [9.17, 15) is 0 Å². The Morgan fingerprint density at radius 1 is 1.09 bits per heavy atom. The molecule has 3 saturated heterocycles. The van der Waals surface area contributed by atoms with Crippen molar-refractivity contribution < 1.29 is 4.74 Å². The number of hydrogen-bond donors (Lipinski definition) is 0. The Morgan fingerprint density at radius 3 is 2.50 bits per heavy atom. The molecule has 0 saturated carbocycles. The summed E-state index contributed by atoms with van der Waals surface area (Å²) in [6.45, 7) is 10.1. The number of likely N-dealkylation sites (tertiary alicyclic amines) is 1. The molecule has 4 heterocycles. The fraction of sp³-hybridized carbons (Fsp3) is 0.765. The van der Waals surface area contributed by atoms with Gasteiger partial charge < -0.3 is 14.5 Å². The normalized spacial score (nSPS) is 30.0. The monoisotopic (exact) mass is 302 g/mol. The lowest BCUT2D eigenvalue weighted by Gasteiger charge is -2.28. The Bertz CT molecular complexity index is 503. The molecule has 0 spiro atoms. The van der Waals surface area contributed by atoms with Gasteiger partial charge in [-0.25, -0.2) is 9.97 Å². The lowest BCUT2D eigenvalue weighted by atomic mass is 10.00. The summed E-state index contributed by atoms with van der Waals surface area (Å²) in [5.41, 5.74) is 1.06. The zero-order chi connectivity index (χ0) is 14.9. The first-order valence-corrected chi connectivity index (χ1v) is 8.61. The standard InChI is InChI=1S/C17H26N4O/c1-13-6-17(19-12-18-13)21-10-15-8-20(9-16(15)11-21)7-14-2-4-22-5-3-14/h6,12,14-16H,2-5,7-11H2,1H3. The topological polar surface area (TPSA) is 41.5 Å². The maximum absolute atomic E-state index is 5.47. The summed E-state index contributed by atoms with van der Waals surface area (Å²) < 4.78 is 5.47. The number of rotatable bonds is 3. The van der Waals surface area contributed by atoms with Gasteiger partial charge in [-0.1, -0.05) is 0 Å². The van der Waals surface area contributed by atoms with Gasteiger partial charge in [0.25, 0.3) is 0 Å². The highest BCUT2D eigenvalue weighted by Crippen LogP contribution is 2.34. The predicted octanol–water partition coefficient (Wildman–Crippen LogP) is 1.58. The first-order chi connectivity index (χ1) is 10.8. The summed E-state index contributed by atoms with van der Waals surface area (Å²) in [5.74, 6) is 3.59. The van der Waals surface area contributed by atoms with Gasteiger partial charge in [-0.3, -0.25) is 0 Å². The minimum atomic E-state index is 0.815. The van der Waals surface area contributed by atoms with Gasteiger partial charge in [0.05, 0.1) is 0 Å². The number of hydrogen-bond acceptors (Lipinski definition) is 5. The van der Waals surface area contributed by atoms with Gasteiger partial charge in [0.2, 0.25) is 0 Å². The summed E-state index contributed by atoms with van der Waals surface area (Å²) in [6.07, 6.45) is 4.19. The molecular weight excluding hydrogens is 276 g/mol. The number of nitrogens with zero attached hydrogens (tertiary/aromatic N) is 4. The summed E-state index contributed by atoms with van der Waals surface area (Å²) in [6, 6.07) is 2.11. The van der Waals surface area contributed by atoms with Crippen LogP contribution in [0.15, 0.2) is 12.4 Å². The quantitative estimate of drug-likeness (QED) is 0.848. The third-order valence-corrected chi connectivity index (χ3v) is 5.53. The molecule has 0 radical (unpaired) electrons. The van der Waals surface area contributed by atoms with Crippen LogP contribution in [0.25, 0.3) is 0 Å². The zero-order valence-electron chi connectivity index (χ0n) is 13.4. The van der Waals surface area contributed by atoms with Gasteiger partial charge >= 0.3 is 0 Å². The number of aryl methyl sites for hydroxylation is 1. The van der Waals surface area contributed by atoms with Crippen molar-refractivity contribution in [3.8, 4) is 0 Å². The molecule has 5 nitrogen and oxygen atoms in total. The first kappa shape index (κ1) is 14.4. The van der Waals surface area contributed by atoms with Crippen LogP contribution in [0.4, 0.5) is 5.82 Å². The van der Waals surface area contributed by atoms with Crippen LogP contribution >= 0.6 is 0 Å². The zero-order valence-corrected chi connectivity index (χ0v) is 13.4. The highest BCUT2D eigenvalue weighted by Gasteiger charge is 2.40. The second-order valence-electron chi connectivity index (χ2n) is 7.22. The van der Waals surface area contributed by atoms with E-state index in [0.29, 0.717) is 0 Å². The van der Waals surface area contributed by atoms with E-state index in [0.717, 1.165) is 55.6 Å². The van der Waals surface area contributed by atoms with Crippen LogP contribution in [0.3, 0.4) is 0 Å². The Balaban J connectivity index is 1.32. The molecule has 0 aromatic carbocycles. The number of aromatic nitrogens is 2. The van der Waals surface area contributed by atoms with Crippen molar-refractivity contribution in [2.24, 2.45) is 17.8 Å². The second-order valence-corrected chi connectivity index (χ2v) is 7.22. The highest BCUT2D eigenvalue weighted by atomic mass is 16.5. The molecule has 1 aromatic rings. The SMILES string of the molecule is Cc1cc(N2CC3CN(CC4CCOCC4)CC3C2)ncn1. The van der Waals surface area contributed by atoms with E-state index in [1.54, 1.807) is 6.33 Å². The molecule has 0 amide bonds. The lowest BCUT2D eigenvalue weighted by Crippen LogP contribution is -2.34. The molecule has 3 aliphatic rings. The average molecular weight is 302 g/mol. The van der Waals surface area contributed by atoms with Crippen molar-refractivity contribution in [3.05, 3.63) is 18.1 Å². The number of fused-ring (bicyclic) bond motifs is 1. The molecule has 120 valence electrons. The van der Waals surface area contributed by atoms with E-state index in [2.05, 4.69) is 25.8 Å². The molecular formula is C17H26N4O. The Morgan fingerprint density at radius 2 is 1.82 bits per heavy atom. The molecule has 2 unspecified atom stereocenters. The molecule has 2 atom stereocenters. The van der Waals surface area contributed by atoms with Gasteiger partial charge in [-0.05, 0) is 37.5 Å². The fourth-order valence-electron chi connectivity index (χ4n) is 4.33. The van der Waals surface area contributed by atoms with Crippen LogP contribution in [0, 0.1) is 24.7 Å². The van der Waals surface area contributed by atoms with Crippen molar-refractivity contribution in [3.63, 3.8) is 0 Å². The number of ether oxygens (including phenoxy) is 1. The number of anilines is 1. The Labute approximate surface area is 132 Å². The average Bonchev–Trinajstić information content (AvgIpc) is 3.06. The molecule has 0 N–H and O–H groups in total. The van der Waals surface area contributed by atoms with Crippen LogP contribution in [-0.2, 0) is 4.74 Å². The molecule has 5 heteroatoms. The smallest absolute Gasteiger partial charge is 0.132 e. The van der Waals surface area contributed by atoms with Crippen LogP contribution < -0.4 is 4.90 Å². The summed E-state index contributed by atoms with van der Waals surface area (Å²) >= 11 is 0. The summed E-state index contributed by atoms with van der Waals surface area (Å²) in [4.78, 5) is 13.8. The second kappa shape index (κ2) is 6.13. The molecule has 4 rings (SSSR count). The third-order valence-electron chi connectivity index (χ3n) is 5.53. The Hall–Kier alpha value is -1.20.